The number of aromatic nitrogens is 1. The van der Waals surface area contributed by atoms with E-state index in [0.717, 1.165) is 18.4 Å². The van der Waals surface area contributed by atoms with Crippen LogP contribution in [0.25, 0.3) is 0 Å². The second kappa shape index (κ2) is 7.74. The Morgan fingerprint density at radius 1 is 1.40 bits per heavy atom. The van der Waals surface area contributed by atoms with Gasteiger partial charge in [-0.1, -0.05) is 35.9 Å². The Balaban J connectivity index is 2.01. The van der Waals surface area contributed by atoms with Crippen molar-refractivity contribution >= 4 is 17.7 Å². The Morgan fingerprint density at radius 3 is 2.96 bits per heavy atom. The van der Waals surface area contributed by atoms with Crippen LogP contribution in [0.4, 0.5) is 4.79 Å². The topological polar surface area (TPSA) is 60.5 Å². The van der Waals surface area contributed by atoms with Crippen LogP contribution in [0.2, 0.25) is 5.15 Å². The van der Waals surface area contributed by atoms with E-state index in [9.17, 15) is 4.79 Å². The molecule has 1 amide bonds. The highest BCUT2D eigenvalue weighted by molar-refractivity contribution is 6.30. The van der Waals surface area contributed by atoms with E-state index in [1.165, 1.54) is 11.1 Å². The molecule has 1 aromatic carbocycles. The first-order chi connectivity index (χ1) is 12.1. The molecule has 2 atom stereocenters. The van der Waals surface area contributed by atoms with Gasteiger partial charge < -0.3 is 14.8 Å². The standard InChI is InChI=1S/C19H21ClN2O3/c1-3-25-19(23)22-15-9-8-12-6-4-5-7-14(12)17(15)13-10-16(24-2)18(20)21-11-13/h4-7,10-11,15,17H,3,8-9H2,1-2H3,(H,22,23)/t15?,17-/m0/s1. The lowest BCUT2D eigenvalue weighted by atomic mass is 9.76. The number of aryl methyl sites for hydroxylation is 1. The average Bonchev–Trinajstić information content (AvgIpc) is 2.62. The highest BCUT2D eigenvalue weighted by atomic mass is 35.5. The van der Waals surface area contributed by atoms with Crippen molar-refractivity contribution < 1.29 is 14.3 Å². The van der Waals surface area contributed by atoms with Gasteiger partial charge in [-0.25, -0.2) is 9.78 Å². The van der Waals surface area contributed by atoms with Gasteiger partial charge in [-0.2, -0.15) is 0 Å². The number of hydrogen-bond donors (Lipinski definition) is 1. The molecule has 0 bridgehead atoms. The Kier molecular flexibility index (Phi) is 5.43. The molecule has 5 nitrogen and oxygen atoms in total. The summed E-state index contributed by atoms with van der Waals surface area (Å²) in [6.45, 7) is 2.14. The first-order valence-electron chi connectivity index (χ1n) is 8.34. The molecule has 1 aliphatic rings. The van der Waals surface area contributed by atoms with E-state index in [1.54, 1.807) is 20.2 Å². The second-order valence-corrected chi connectivity index (χ2v) is 6.31. The van der Waals surface area contributed by atoms with Crippen LogP contribution in [0.3, 0.4) is 0 Å². The van der Waals surface area contributed by atoms with E-state index < -0.39 is 6.09 Å². The minimum absolute atomic E-state index is 0.0342. The van der Waals surface area contributed by atoms with E-state index in [2.05, 4.69) is 22.4 Å². The van der Waals surface area contributed by atoms with Crippen LogP contribution >= 0.6 is 11.6 Å². The van der Waals surface area contributed by atoms with Gasteiger partial charge in [0.1, 0.15) is 0 Å². The monoisotopic (exact) mass is 360 g/mol. The third-order valence-electron chi connectivity index (χ3n) is 4.50. The summed E-state index contributed by atoms with van der Waals surface area (Å²) in [4.78, 5) is 16.2. The summed E-state index contributed by atoms with van der Waals surface area (Å²) in [7, 11) is 1.57. The van der Waals surface area contributed by atoms with Gasteiger partial charge in [0, 0.05) is 18.2 Å². The Bertz CT molecular complexity index is 766. The lowest BCUT2D eigenvalue weighted by Gasteiger charge is -2.34. The van der Waals surface area contributed by atoms with Crippen LogP contribution in [0.1, 0.15) is 36.0 Å². The van der Waals surface area contributed by atoms with Crippen LogP contribution < -0.4 is 10.1 Å². The van der Waals surface area contributed by atoms with Gasteiger partial charge in [0.15, 0.2) is 10.9 Å². The number of alkyl carbamates (subject to hydrolysis) is 1. The summed E-state index contributed by atoms with van der Waals surface area (Å²) in [5.41, 5.74) is 3.42. The van der Waals surface area contributed by atoms with Gasteiger partial charge in [-0.3, -0.25) is 0 Å². The summed E-state index contributed by atoms with van der Waals surface area (Å²) >= 11 is 6.07. The van der Waals surface area contributed by atoms with Crippen molar-refractivity contribution in [2.45, 2.75) is 31.7 Å². The number of benzene rings is 1. The molecular formula is C19H21ClN2O3. The third-order valence-corrected chi connectivity index (χ3v) is 4.79. The predicted octanol–water partition coefficient (Wildman–Crippen LogP) is 3.94. The molecule has 0 radical (unpaired) electrons. The molecule has 1 aromatic heterocycles. The van der Waals surface area contributed by atoms with E-state index in [0.29, 0.717) is 17.5 Å². The number of rotatable bonds is 4. The van der Waals surface area contributed by atoms with Gasteiger partial charge >= 0.3 is 6.09 Å². The molecule has 3 rings (SSSR count). The van der Waals surface area contributed by atoms with Crippen LogP contribution in [0.15, 0.2) is 36.5 Å². The maximum atomic E-state index is 12.0. The lowest BCUT2D eigenvalue weighted by Crippen LogP contribution is -2.42. The van der Waals surface area contributed by atoms with E-state index in [-0.39, 0.29) is 12.0 Å². The molecule has 1 aliphatic carbocycles. The number of hydrogen-bond acceptors (Lipinski definition) is 4. The first-order valence-corrected chi connectivity index (χ1v) is 8.72. The van der Waals surface area contributed by atoms with Crippen molar-refractivity contribution in [2.24, 2.45) is 0 Å². The summed E-state index contributed by atoms with van der Waals surface area (Å²) in [5, 5.41) is 3.32. The van der Waals surface area contributed by atoms with Gasteiger partial charge in [0.25, 0.3) is 0 Å². The number of nitrogens with one attached hydrogen (secondary N) is 1. The van der Waals surface area contributed by atoms with Crippen molar-refractivity contribution in [1.82, 2.24) is 10.3 Å². The van der Waals surface area contributed by atoms with Crippen LogP contribution in [-0.4, -0.2) is 30.8 Å². The second-order valence-electron chi connectivity index (χ2n) is 5.95. The molecule has 6 heteroatoms. The zero-order chi connectivity index (χ0) is 17.8. The van der Waals surface area contributed by atoms with Crippen molar-refractivity contribution in [2.75, 3.05) is 13.7 Å². The maximum absolute atomic E-state index is 12.0. The van der Waals surface area contributed by atoms with E-state index in [1.807, 2.05) is 18.2 Å². The number of ether oxygens (including phenoxy) is 2. The number of carbonyl (C=O) groups excluding carboxylic acids is 1. The molecule has 1 N–H and O–H groups in total. The smallest absolute Gasteiger partial charge is 0.407 e. The maximum Gasteiger partial charge on any atom is 0.407 e. The van der Waals surface area contributed by atoms with Crippen LogP contribution in [0, 0.1) is 0 Å². The molecule has 1 unspecified atom stereocenters. The van der Waals surface area contributed by atoms with Gasteiger partial charge in [0.05, 0.1) is 13.7 Å². The van der Waals surface area contributed by atoms with Crippen molar-refractivity contribution in [3.63, 3.8) is 0 Å². The number of halogens is 1. The third kappa shape index (κ3) is 3.71. The minimum Gasteiger partial charge on any atom is -0.494 e. The lowest BCUT2D eigenvalue weighted by molar-refractivity contribution is 0.146. The Morgan fingerprint density at radius 2 is 2.20 bits per heavy atom. The van der Waals surface area contributed by atoms with Gasteiger partial charge in [-0.15, -0.1) is 0 Å². The molecule has 1 heterocycles. The fourth-order valence-electron chi connectivity index (χ4n) is 3.41. The van der Waals surface area contributed by atoms with Crippen molar-refractivity contribution in [3.05, 3.63) is 58.4 Å². The predicted molar refractivity (Wildman–Crippen MR) is 96.4 cm³/mol. The number of amides is 1. The van der Waals surface area contributed by atoms with Crippen LogP contribution in [0.5, 0.6) is 5.75 Å². The number of methoxy groups -OCH3 is 1. The number of fused-ring (bicyclic) bond motifs is 1. The number of nitrogens with zero attached hydrogens (tertiary/aromatic N) is 1. The van der Waals surface area contributed by atoms with Crippen LogP contribution in [-0.2, 0) is 11.2 Å². The first kappa shape index (κ1) is 17.5. The molecular weight excluding hydrogens is 340 g/mol. The molecule has 0 fully saturated rings. The SMILES string of the molecule is CCOC(=O)NC1CCc2ccccc2[C@@H]1c1cnc(Cl)c(OC)c1. The van der Waals surface area contributed by atoms with Gasteiger partial charge in [0.2, 0.25) is 0 Å². The largest absolute Gasteiger partial charge is 0.494 e. The molecule has 25 heavy (non-hydrogen) atoms. The minimum atomic E-state index is -0.397. The molecule has 132 valence electrons. The molecule has 0 aliphatic heterocycles. The molecule has 2 aromatic rings. The van der Waals surface area contributed by atoms with Crippen molar-refractivity contribution in [1.29, 1.82) is 0 Å². The zero-order valence-corrected chi connectivity index (χ0v) is 15.0. The van der Waals surface area contributed by atoms with Gasteiger partial charge in [-0.05, 0) is 42.5 Å². The summed E-state index contributed by atoms with van der Waals surface area (Å²) in [6, 6.07) is 10.1. The Labute approximate surface area is 152 Å². The summed E-state index contributed by atoms with van der Waals surface area (Å²) in [5.74, 6) is 0.491. The molecule has 0 spiro atoms. The highest BCUT2D eigenvalue weighted by Gasteiger charge is 2.32. The normalized spacial score (nSPS) is 19.0. The summed E-state index contributed by atoms with van der Waals surface area (Å²) < 4.78 is 10.4. The number of carbonyl (C=O) groups is 1. The number of pyridine rings is 1. The van der Waals surface area contributed by atoms with E-state index in [4.69, 9.17) is 21.1 Å². The zero-order valence-electron chi connectivity index (χ0n) is 14.3. The summed E-state index contributed by atoms with van der Waals surface area (Å²) in [6.07, 6.45) is 3.08. The molecule has 0 saturated carbocycles. The highest BCUT2D eigenvalue weighted by Crippen LogP contribution is 2.38. The quantitative estimate of drug-likeness (QED) is 0.839. The van der Waals surface area contributed by atoms with E-state index >= 15 is 0 Å². The fourth-order valence-corrected chi connectivity index (χ4v) is 3.59. The molecule has 0 saturated heterocycles. The fraction of sp³-hybridized carbons (Fsp3) is 0.368. The Hall–Kier alpha value is -2.27. The average molecular weight is 361 g/mol. The van der Waals surface area contributed by atoms with Crippen molar-refractivity contribution in [3.8, 4) is 5.75 Å².